The molecule has 1 amide bonds. The predicted octanol–water partition coefficient (Wildman–Crippen LogP) is 4.44. The number of benzene rings is 2. The van der Waals surface area contributed by atoms with Crippen LogP contribution in [0.3, 0.4) is 0 Å². The van der Waals surface area contributed by atoms with Gasteiger partial charge in [0.05, 0.1) is 12.2 Å². The number of hydrogen-bond acceptors (Lipinski definition) is 5. The van der Waals surface area contributed by atoms with Gasteiger partial charge in [0.15, 0.2) is 0 Å². The van der Waals surface area contributed by atoms with Crippen molar-refractivity contribution in [3.63, 3.8) is 0 Å². The summed E-state index contributed by atoms with van der Waals surface area (Å²) in [4.78, 5) is 20.5. The van der Waals surface area contributed by atoms with E-state index in [-0.39, 0.29) is 5.91 Å². The number of pyridine rings is 1. The molecule has 0 unspecified atom stereocenters. The Balaban J connectivity index is 1.10. The third-order valence-corrected chi connectivity index (χ3v) is 4.98. The lowest BCUT2D eigenvalue weighted by molar-refractivity contribution is 0.0952. The normalized spacial score (nSPS) is 10.5. The highest BCUT2D eigenvalue weighted by Gasteiger charge is 2.06. The highest BCUT2D eigenvalue weighted by Crippen LogP contribution is 2.19. The van der Waals surface area contributed by atoms with Crippen LogP contribution in [-0.2, 0) is 6.61 Å². The molecular formula is C26H26N4O3. The van der Waals surface area contributed by atoms with Crippen LogP contribution in [0.2, 0.25) is 0 Å². The van der Waals surface area contributed by atoms with Crippen LogP contribution in [0.4, 0.5) is 0 Å². The van der Waals surface area contributed by atoms with E-state index >= 15 is 0 Å². The highest BCUT2D eigenvalue weighted by molar-refractivity contribution is 5.93. The van der Waals surface area contributed by atoms with Crippen molar-refractivity contribution in [2.75, 3.05) is 13.2 Å². The zero-order chi connectivity index (χ0) is 22.7. The second-order valence-corrected chi connectivity index (χ2v) is 7.43. The summed E-state index contributed by atoms with van der Waals surface area (Å²) in [5.41, 5.74) is 1.66. The molecule has 168 valence electrons. The summed E-state index contributed by atoms with van der Waals surface area (Å²) in [6.07, 6.45) is 8.38. The lowest BCUT2D eigenvalue weighted by atomic mass is 10.2. The quantitative estimate of drug-likeness (QED) is 0.348. The molecule has 0 aliphatic heterocycles. The Kier molecular flexibility index (Phi) is 7.68. The lowest BCUT2D eigenvalue weighted by Crippen LogP contribution is -2.24. The summed E-state index contributed by atoms with van der Waals surface area (Å²) >= 11 is 0. The number of unbranched alkanes of at least 4 members (excludes halogenated alkanes) is 1. The molecule has 33 heavy (non-hydrogen) atoms. The fourth-order valence-corrected chi connectivity index (χ4v) is 3.16. The number of rotatable bonds is 11. The Bertz CT molecular complexity index is 1110. The van der Waals surface area contributed by atoms with Crippen molar-refractivity contribution in [2.24, 2.45) is 0 Å². The molecule has 0 saturated heterocycles. The standard InChI is InChI=1S/C26H26N4O3/c31-26(22-8-13-25(29-18-22)30-16-15-27-20-30)28-14-4-5-17-32-23-9-11-24(12-10-23)33-19-21-6-2-1-3-7-21/h1-3,6-13,15-16,18,20H,4-5,14,17,19H2,(H,28,31). The van der Waals surface area contributed by atoms with Crippen LogP contribution in [0, 0.1) is 0 Å². The van der Waals surface area contributed by atoms with Gasteiger partial charge in [-0.25, -0.2) is 9.97 Å². The van der Waals surface area contributed by atoms with Crippen molar-refractivity contribution in [3.05, 3.63) is 103 Å². The predicted molar refractivity (Wildman–Crippen MR) is 126 cm³/mol. The number of carbonyl (C=O) groups excluding carboxylic acids is 1. The van der Waals surface area contributed by atoms with Crippen LogP contribution in [0.5, 0.6) is 11.5 Å². The molecule has 0 aliphatic rings. The summed E-state index contributed by atoms with van der Waals surface area (Å²) in [6, 6.07) is 21.2. The Morgan fingerprint density at radius 1 is 0.909 bits per heavy atom. The fourth-order valence-electron chi connectivity index (χ4n) is 3.16. The molecule has 0 spiro atoms. The molecule has 2 heterocycles. The number of carbonyl (C=O) groups is 1. The van der Waals surface area contributed by atoms with Crippen molar-refractivity contribution in [2.45, 2.75) is 19.4 Å². The first-order valence-electron chi connectivity index (χ1n) is 10.9. The van der Waals surface area contributed by atoms with Crippen molar-refractivity contribution in [3.8, 4) is 17.3 Å². The van der Waals surface area contributed by atoms with Crippen LogP contribution < -0.4 is 14.8 Å². The third-order valence-electron chi connectivity index (χ3n) is 4.98. The highest BCUT2D eigenvalue weighted by atomic mass is 16.5. The van der Waals surface area contributed by atoms with Crippen molar-refractivity contribution >= 4 is 5.91 Å². The van der Waals surface area contributed by atoms with E-state index in [1.54, 1.807) is 41.6 Å². The molecular weight excluding hydrogens is 416 g/mol. The largest absolute Gasteiger partial charge is 0.494 e. The second-order valence-electron chi connectivity index (χ2n) is 7.43. The average molecular weight is 443 g/mol. The van der Waals surface area contributed by atoms with Gasteiger partial charge in [-0.3, -0.25) is 9.36 Å². The van der Waals surface area contributed by atoms with Gasteiger partial charge in [-0.15, -0.1) is 0 Å². The number of nitrogens with zero attached hydrogens (tertiary/aromatic N) is 3. The first-order chi connectivity index (χ1) is 16.3. The van der Waals surface area contributed by atoms with Gasteiger partial charge in [-0.2, -0.15) is 0 Å². The molecule has 2 aromatic carbocycles. The number of hydrogen-bond donors (Lipinski definition) is 1. The number of imidazole rings is 1. The van der Waals surface area contributed by atoms with E-state index in [9.17, 15) is 4.79 Å². The van der Waals surface area contributed by atoms with E-state index in [4.69, 9.17) is 9.47 Å². The molecule has 0 aliphatic carbocycles. The Labute approximate surface area is 193 Å². The van der Waals surface area contributed by atoms with E-state index in [2.05, 4.69) is 15.3 Å². The fraction of sp³-hybridized carbons (Fsp3) is 0.192. The first kappa shape index (κ1) is 22.1. The number of aromatic nitrogens is 3. The minimum Gasteiger partial charge on any atom is -0.494 e. The molecule has 0 saturated carbocycles. The maximum absolute atomic E-state index is 12.3. The first-order valence-corrected chi connectivity index (χ1v) is 10.9. The maximum atomic E-state index is 12.3. The molecule has 7 nitrogen and oxygen atoms in total. The topological polar surface area (TPSA) is 78.3 Å². The van der Waals surface area contributed by atoms with Gasteiger partial charge < -0.3 is 14.8 Å². The van der Waals surface area contributed by atoms with Crippen LogP contribution in [0.1, 0.15) is 28.8 Å². The molecule has 0 radical (unpaired) electrons. The molecule has 2 aromatic heterocycles. The van der Waals surface area contributed by atoms with E-state index in [0.717, 1.165) is 35.7 Å². The summed E-state index contributed by atoms with van der Waals surface area (Å²) in [5.74, 6) is 2.19. The molecule has 4 aromatic rings. The van der Waals surface area contributed by atoms with Gasteiger partial charge in [0.2, 0.25) is 0 Å². The summed E-state index contributed by atoms with van der Waals surface area (Å²) in [6.45, 7) is 1.70. The molecule has 0 atom stereocenters. The molecule has 4 rings (SSSR count). The summed E-state index contributed by atoms with van der Waals surface area (Å²) in [5, 5.41) is 2.92. The molecule has 0 bridgehead atoms. The van der Waals surface area contributed by atoms with Gasteiger partial charge in [0.1, 0.15) is 30.3 Å². The Morgan fingerprint density at radius 3 is 2.39 bits per heavy atom. The van der Waals surface area contributed by atoms with Crippen LogP contribution >= 0.6 is 0 Å². The molecule has 7 heteroatoms. The SMILES string of the molecule is O=C(NCCCCOc1ccc(OCc2ccccc2)cc1)c1ccc(-n2ccnc2)nc1. The minimum atomic E-state index is -0.133. The van der Waals surface area contributed by atoms with Crippen LogP contribution in [0.15, 0.2) is 91.6 Å². The Morgan fingerprint density at radius 2 is 1.70 bits per heavy atom. The molecule has 1 N–H and O–H groups in total. The molecule has 0 fully saturated rings. The van der Waals surface area contributed by atoms with Gasteiger partial charge >= 0.3 is 0 Å². The third kappa shape index (κ3) is 6.67. The maximum Gasteiger partial charge on any atom is 0.252 e. The summed E-state index contributed by atoms with van der Waals surface area (Å²) in [7, 11) is 0. The van der Waals surface area contributed by atoms with E-state index in [0.29, 0.717) is 25.3 Å². The zero-order valence-corrected chi connectivity index (χ0v) is 18.3. The number of amides is 1. The minimum absolute atomic E-state index is 0.133. The van der Waals surface area contributed by atoms with E-state index in [1.165, 1.54) is 0 Å². The number of ether oxygens (including phenoxy) is 2. The smallest absolute Gasteiger partial charge is 0.252 e. The van der Waals surface area contributed by atoms with Gasteiger partial charge in [-0.05, 0) is 54.8 Å². The van der Waals surface area contributed by atoms with Crippen molar-refractivity contribution in [1.82, 2.24) is 19.9 Å². The van der Waals surface area contributed by atoms with E-state index < -0.39 is 0 Å². The van der Waals surface area contributed by atoms with E-state index in [1.807, 2.05) is 54.6 Å². The second kappa shape index (κ2) is 11.5. The van der Waals surface area contributed by atoms with Gasteiger partial charge in [0, 0.05) is 25.1 Å². The van der Waals surface area contributed by atoms with Gasteiger partial charge in [-0.1, -0.05) is 30.3 Å². The number of nitrogens with one attached hydrogen (secondary N) is 1. The monoisotopic (exact) mass is 442 g/mol. The van der Waals surface area contributed by atoms with Crippen molar-refractivity contribution in [1.29, 1.82) is 0 Å². The van der Waals surface area contributed by atoms with Crippen molar-refractivity contribution < 1.29 is 14.3 Å². The van der Waals surface area contributed by atoms with Gasteiger partial charge in [0.25, 0.3) is 5.91 Å². The lowest BCUT2D eigenvalue weighted by Gasteiger charge is -2.09. The summed E-state index contributed by atoms with van der Waals surface area (Å²) < 4.78 is 13.3. The van der Waals surface area contributed by atoms with Crippen LogP contribution in [-0.4, -0.2) is 33.6 Å². The zero-order valence-electron chi connectivity index (χ0n) is 18.3. The average Bonchev–Trinajstić information content (AvgIpc) is 3.41. The Hall–Kier alpha value is -4.13. The van der Waals surface area contributed by atoms with Crippen LogP contribution in [0.25, 0.3) is 5.82 Å².